The van der Waals surface area contributed by atoms with E-state index in [0.717, 1.165) is 5.56 Å². The number of nitrogens with one attached hydrogen (secondary N) is 1. The van der Waals surface area contributed by atoms with Crippen LogP contribution < -0.4 is 5.32 Å². The summed E-state index contributed by atoms with van der Waals surface area (Å²) in [7, 11) is 1.20. The number of anilines is 1. The Balaban J connectivity index is 2.32. The number of azide groups is 1. The highest BCUT2D eigenvalue weighted by Crippen LogP contribution is 2.19. The topological polar surface area (TPSA) is 130 Å². The molecule has 2 rings (SSSR count). The third-order valence-corrected chi connectivity index (χ3v) is 3.67. The van der Waals surface area contributed by atoms with Gasteiger partial charge >= 0.3 is 5.97 Å². The number of methoxy groups -OCH3 is 1. The minimum atomic E-state index is -1.16. The smallest absolute Gasteiger partial charge is 0.317 e. The van der Waals surface area contributed by atoms with E-state index in [1.165, 1.54) is 31.4 Å². The number of hydrogen-bond acceptors (Lipinski definition) is 6. The Morgan fingerprint density at radius 1 is 1.26 bits per heavy atom. The van der Waals surface area contributed by atoms with Gasteiger partial charge in [-0.3, -0.25) is 14.9 Å². The zero-order valence-corrected chi connectivity index (χ0v) is 14.4. The Labute approximate surface area is 155 Å². The van der Waals surface area contributed by atoms with Crippen LogP contribution in [0.5, 0.6) is 0 Å². The number of ether oxygens (including phenoxy) is 1. The fourth-order valence-corrected chi connectivity index (χ4v) is 2.32. The average molecular weight is 367 g/mol. The Hall–Kier alpha value is -3.84. The summed E-state index contributed by atoms with van der Waals surface area (Å²) in [4.78, 5) is 25.0. The van der Waals surface area contributed by atoms with Crippen molar-refractivity contribution in [1.29, 1.82) is 0 Å². The predicted octanol–water partition coefficient (Wildman–Crippen LogP) is 3.94. The van der Waals surface area contributed by atoms with E-state index in [4.69, 9.17) is 10.3 Å². The van der Waals surface area contributed by atoms with Crippen molar-refractivity contribution in [3.05, 3.63) is 86.8 Å². The monoisotopic (exact) mass is 367 g/mol. The number of carbonyl (C=O) groups is 1. The standard InChI is InChI=1S/C18H17N5O4/c1-27-18(24)17(21-22-19)16(12-7-13-5-3-2-4-6-13)20-14-8-10-15(11-9-14)23(25)26/h2-12,16-17,20H,1H3/b12-7+/t16-,17+/m1/s1. The third kappa shape index (κ3) is 5.58. The molecule has 9 heteroatoms. The second-order valence-electron chi connectivity index (χ2n) is 5.42. The minimum Gasteiger partial charge on any atom is -0.469 e. The molecule has 1 N–H and O–H groups in total. The van der Waals surface area contributed by atoms with Gasteiger partial charge in [0.1, 0.15) is 0 Å². The number of nitro groups is 1. The van der Waals surface area contributed by atoms with Gasteiger partial charge in [-0.15, -0.1) is 0 Å². The van der Waals surface area contributed by atoms with E-state index in [1.807, 2.05) is 30.3 Å². The molecular formula is C18H17N5O4. The second-order valence-corrected chi connectivity index (χ2v) is 5.42. The highest BCUT2D eigenvalue weighted by molar-refractivity contribution is 5.78. The Kier molecular flexibility index (Phi) is 6.92. The summed E-state index contributed by atoms with van der Waals surface area (Å²) in [6, 6.07) is 13.2. The van der Waals surface area contributed by atoms with E-state index < -0.39 is 23.0 Å². The summed E-state index contributed by atoms with van der Waals surface area (Å²) < 4.78 is 4.72. The first kappa shape index (κ1) is 19.5. The van der Waals surface area contributed by atoms with Crippen molar-refractivity contribution in [2.45, 2.75) is 12.1 Å². The number of nitro benzene ring substituents is 1. The van der Waals surface area contributed by atoms with Gasteiger partial charge in [0.15, 0.2) is 6.04 Å². The van der Waals surface area contributed by atoms with Gasteiger partial charge < -0.3 is 10.1 Å². The number of non-ortho nitro benzene ring substituents is 1. The molecule has 9 nitrogen and oxygen atoms in total. The Morgan fingerprint density at radius 3 is 2.48 bits per heavy atom. The lowest BCUT2D eigenvalue weighted by molar-refractivity contribution is -0.384. The van der Waals surface area contributed by atoms with Gasteiger partial charge in [-0.2, -0.15) is 0 Å². The van der Waals surface area contributed by atoms with E-state index in [0.29, 0.717) is 5.69 Å². The predicted molar refractivity (Wildman–Crippen MR) is 101 cm³/mol. The van der Waals surface area contributed by atoms with E-state index in [9.17, 15) is 14.9 Å². The summed E-state index contributed by atoms with van der Waals surface area (Å²) in [5.41, 5.74) is 10.1. The maximum absolute atomic E-state index is 12.0. The third-order valence-electron chi connectivity index (χ3n) is 3.67. The SMILES string of the molecule is COC(=O)[C@@H](N=[N+]=[N-])[C@@H](/C=C/c1ccccc1)Nc1ccc([N+](=O)[O-])cc1. The molecule has 0 saturated carbocycles. The highest BCUT2D eigenvalue weighted by atomic mass is 16.6. The summed E-state index contributed by atoms with van der Waals surface area (Å²) in [5.74, 6) is -0.704. The zero-order chi connectivity index (χ0) is 19.6. The molecule has 0 heterocycles. The molecule has 0 aliphatic carbocycles. The van der Waals surface area contributed by atoms with Crippen LogP contribution in [0.3, 0.4) is 0 Å². The molecule has 2 atom stereocenters. The molecular weight excluding hydrogens is 350 g/mol. The first-order valence-electron chi connectivity index (χ1n) is 7.91. The van der Waals surface area contributed by atoms with Crippen molar-refractivity contribution in [2.24, 2.45) is 5.11 Å². The van der Waals surface area contributed by atoms with Gasteiger partial charge in [0, 0.05) is 22.7 Å². The van der Waals surface area contributed by atoms with Crippen LogP contribution in [0.4, 0.5) is 11.4 Å². The molecule has 0 aliphatic rings. The number of rotatable bonds is 8. The zero-order valence-electron chi connectivity index (χ0n) is 14.4. The lowest BCUT2D eigenvalue weighted by Gasteiger charge is -2.21. The van der Waals surface area contributed by atoms with Crippen LogP contribution in [0.25, 0.3) is 16.5 Å². The average Bonchev–Trinajstić information content (AvgIpc) is 2.70. The number of esters is 1. The van der Waals surface area contributed by atoms with Crippen LogP contribution >= 0.6 is 0 Å². The maximum atomic E-state index is 12.0. The second kappa shape index (κ2) is 9.59. The first-order valence-corrected chi connectivity index (χ1v) is 7.91. The van der Waals surface area contributed by atoms with Crippen LogP contribution in [-0.4, -0.2) is 30.1 Å². The summed E-state index contributed by atoms with van der Waals surface area (Å²) in [6.07, 6.45) is 3.44. The van der Waals surface area contributed by atoms with Crippen molar-refractivity contribution in [3.8, 4) is 0 Å². The minimum absolute atomic E-state index is 0.0588. The van der Waals surface area contributed by atoms with Crippen LogP contribution in [-0.2, 0) is 9.53 Å². The fraction of sp³-hybridized carbons (Fsp3) is 0.167. The lowest BCUT2D eigenvalue weighted by Crippen LogP contribution is -2.37. The normalized spacial score (nSPS) is 12.6. The van der Waals surface area contributed by atoms with Crippen molar-refractivity contribution >= 4 is 23.4 Å². The highest BCUT2D eigenvalue weighted by Gasteiger charge is 2.26. The largest absolute Gasteiger partial charge is 0.469 e. The van der Waals surface area contributed by atoms with E-state index in [1.54, 1.807) is 12.2 Å². The van der Waals surface area contributed by atoms with Crippen LogP contribution in [0.2, 0.25) is 0 Å². The molecule has 0 spiro atoms. The maximum Gasteiger partial charge on any atom is 0.317 e. The van der Waals surface area contributed by atoms with Crippen LogP contribution in [0, 0.1) is 10.1 Å². The quantitative estimate of drug-likeness (QED) is 0.188. The molecule has 0 unspecified atom stereocenters. The molecule has 0 aliphatic heterocycles. The first-order chi connectivity index (χ1) is 13.0. The van der Waals surface area contributed by atoms with Gasteiger partial charge in [0.25, 0.3) is 5.69 Å². The molecule has 0 amide bonds. The van der Waals surface area contributed by atoms with E-state index in [-0.39, 0.29) is 5.69 Å². The number of hydrogen-bond donors (Lipinski definition) is 1. The molecule has 0 fully saturated rings. The van der Waals surface area contributed by atoms with E-state index >= 15 is 0 Å². The van der Waals surface area contributed by atoms with Gasteiger partial charge in [-0.1, -0.05) is 47.6 Å². The number of carbonyl (C=O) groups excluding carboxylic acids is 1. The van der Waals surface area contributed by atoms with Crippen molar-refractivity contribution in [1.82, 2.24) is 0 Å². The number of nitrogens with zero attached hydrogens (tertiary/aromatic N) is 4. The molecule has 2 aromatic carbocycles. The summed E-state index contributed by atoms with van der Waals surface area (Å²) in [5, 5.41) is 17.3. The van der Waals surface area contributed by atoms with Crippen molar-refractivity contribution < 1.29 is 14.5 Å². The van der Waals surface area contributed by atoms with Gasteiger partial charge in [0.2, 0.25) is 0 Å². The molecule has 27 heavy (non-hydrogen) atoms. The van der Waals surface area contributed by atoms with Gasteiger partial charge in [0.05, 0.1) is 18.1 Å². The Morgan fingerprint density at radius 2 is 1.93 bits per heavy atom. The van der Waals surface area contributed by atoms with Crippen molar-refractivity contribution in [2.75, 3.05) is 12.4 Å². The fourth-order valence-electron chi connectivity index (χ4n) is 2.32. The summed E-state index contributed by atoms with van der Waals surface area (Å²) >= 11 is 0. The van der Waals surface area contributed by atoms with E-state index in [2.05, 4.69) is 15.3 Å². The van der Waals surface area contributed by atoms with Gasteiger partial charge in [-0.05, 0) is 23.2 Å². The number of benzene rings is 2. The Bertz CT molecular complexity index is 861. The summed E-state index contributed by atoms with van der Waals surface area (Å²) in [6.45, 7) is 0. The molecule has 0 saturated heterocycles. The lowest BCUT2D eigenvalue weighted by atomic mass is 10.1. The molecule has 138 valence electrons. The molecule has 0 bridgehead atoms. The van der Waals surface area contributed by atoms with Crippen molar-refractivity contribution in [3.63, 3.8) is 0 Å². The van der Waals surface area contributed by atoms with Crippen LogP contribution in [0.15, 0.2) is 65.8 Å². The van der Waals surface area contributed by atoms with Gasteiger partial charge in [-0.25, -0.2) is 0 Å². The molecule has 0 aromatic heterocycles. The van der Waals surface area contributed by atoms with Crippen LogP contribution in [0.1, 0.15) is 5.56 Å². The molecule has 2 aromatic rings. The molecule has 0 radical (unpaired) electrons.